The van der Waals surface area contributed by atoms with E-state index in [9.17, 15) is 4.79 Å². The molecule has 0 aliphatic carbocycles. The zero-order valence-corrected chi connectivity index (χ0v) is 16.4. The molecule has 0 bridgehead atoms. The summed E-state index contributed by atoms with van der Waals surface area (Å²) in [5.41, 5.74) is 4.15. The van der Waals surface area contributed by atoms with E-state index >= 15 is 0 Å². The number of nitrogens with zero attached hydrogens (tertiary/aromatic N) is 1. The first-order valence-corrected chi connectivity index (χ1v) is 9.85. The molecule has 1 fully saturated rings. The highest BCUT2D eigenvalue weighted by molar-refractivity contribution is 5.97. The second kappa shape index (κ2) is 7.35. The number of hydrogen-bond acceptors (Lipinski definition) is 3. The van der Waals surface area contributed by atoms with Gasteiger partial charge in [0.1, 0.15) is 5.75 Å². The zero-order valence-electron chi connectivity index (χ0n) is 16.4. The van der Waals surface area contributed by atoms with E-state index in [0.29, 0.717) is 24.4 Å². The first kappa shape index (κ1) is 18.1. The Kier molecular flexibility index (Phi) is 4.92. The molecule has 2 aromatic rings. The molecule has 2 aliphatic rings. The molecule has 2 atom stereocenters. The average Bonchev–Trinajstić information content (AvgIpc) is 2.99. The summed E-state index contributed by atoms with van der Waals surface area (Å²) in [6, 6.07) is 14.5. The molecule has 2 heterocycles. The molecule has 4 heteroatoms. The number of nitrogens with one attached hydrogen (secondary N) is 1. The largest absolute Gasteiger partial charge is 0.493 e. The van der Waals surface area contributed by atoms with Crippen molar-refractivity contribution in [1.82, 2.24) is 10.2 Å². The lowest BCUT2D eigenvalue weighted by Crippen LogP contribution is -2.29. The fourth-order valence-electron chi connectivity index (χ4n) is 4.25. The molecule has 2 aliphatic heterocycles. The van der Waals surface area contributed by atoms with Gasteiger partial charge in [-0.3, -0.25) is 4.79 Å². The standard InChI is InChI=1S/C23H28N2O2/c1-15(2)14-27-19-6-4-5-16(9-19)17-7-8-20-21(10-17)23(26)24-11-18-12-25(3)13-22(18)20/h4-10,15,18,22H,11-14H2,1-3H3,(H,24,26)/t18-,22-/m0/s1. The number of carbonyl (C=O) groups is 1. The number of hydrogen-bond donors (Lipinski definition) is 1. The third-order valence-electron chi connectivity index (χ3n) is 5.60. The summed E-state index contributed by atoms with van der Waals surface area (Å²) in [5.74, 6) is 2.34. The van der Waals surface area contributed by atoms with Gasteiger partial charge in [0.25, 0.3) is 5.91 Å². The van der Waals surface area contributed by atoms with Crippen LogP contribution >= 0.6 is 0 Å². The molecular formula is C23H28N2O2. The quantitative estimate of drug-likeness (QED) is 0.898. The highest BCUT2D eigenvalue weighted by atomic mass is 16.5. The lowest BCUT2D eigenvalue weighted by Gasteiger charge is -2.17. The number of likely N-dealkylation sites (N-methyl/N-ethyl adjacent to an activating group) is 1. The fraction of sp³-hybridized carbons (Fsp3) is 0.435. The van der Waals surface area contributed by atoms with E-state index in [4.69, 9.17) is 4.74 Å². The number of carbonyl (C=O) groups excluding carboxylic acids is 1. The van der Waals surface area contributed by atoms with Crippen LogP contribution < -0.4 is 10.1 Å². The van der Waals surface area contributed by atoms with Crippen LogP contribution in [0.4, 0.5) is 0 Å². The monoisotopic (exact) mass is 364 g/mol. The van der Waals surface area contributed by atoms with Crippen LogP contribution in [0.3, 0.4) is 0 Å². The molecule has 27 heavy (non-hydrogen) atoms. The van der Waals surface area contributed by atoms with Crippen LogP contribution in [-0.2, 0) is 0 Å². The van der Waals surface area contributed by atoms with Gasteiger partial charge in [0.05, 0.1) is 6.61 Å². The van der Waals surface area contributed by atoms with Crippen molar-refractivity contribution in [3.05, 3.63) is 53.6 Å². The normalized spacial score (nSPS) is 22.1. The summed E-state index contributed by atoms with van der Waals surface area (Å²) in [6.45, 7) is 7.81. The summed E-state index contributed by atoms with van der Waals surface area (Å²) >= 11 is 0. The summed E-state index contributed by atoms with van der Waals surface area (Å²) in [6.07, 6.45) is 0. The molecule has 4 nitrogen and oxygen atoms in total. The maximum Gasteiger partial charge on any atom is 0.251 e. The molecule has 1 amide bonds. The molecule has 1 saturated heterocycles. The van der Waals surface area contributed by atoms with Crippen LogP contribution in [0, 0.1) is 11.8 Å². The van der Waals surface area contributed by atoms with Crippen molar-refractivity contribution in [3.8, 4) is 16.9 Å². The molecule has 0 unspecified atom stereocenters. The van der Waals surface area contributed by atoms with Crippen LogP contribution in [-0.4, -0.2) is 44.1 Å². The Balaban J connectivity index is 1.67. The van der Waals surface area contributed by atoms with Crippen molar-refractivity contribution >= 4 is 5.91 Å². The number of amides is 1. The average molecular weight is 364 g/mol. The van der Waals surface area contributed by atoms with Gasteiger partial charge in [-0.05, 0) is 53.8 Å². The van der Waals surface area contributed by atoms with Gasteiger partial charge in [0.2, 0.25) is 0 Å². The number of benzene rings is 2. The number of rotatable bonds is 4. The highest BCUT2D eigenvalue weighted by Crippen LogP contribution is 2.37. The highest BCUT2D eigenvalue weighted by Gasteiger charge is 2.36. The Labute approximate surface area is 161 Å². The van der Waals surface area contributed by atoms with Crippen LogP contribution in [0.15, 0.2) is 42.5 Å². The third-order valence-corrected chi connectivity index (χ3v) is 5.60. The van der Waals surface area contributed by atoms with E-state index in [1.165, 1.54) is 5.56 Å². The molecule has 0 saturated carbocycles. The first-order valence-electron chi connectivity index (χ1n) is 9.85. The molecule has 1 N–H and O–H groups in total. The Morgan fingerprint density at radius 1 is 1.15 bits per heavy atom. The molecule has 0 spiro atoms. The van der Waals surface area contributed by atoms with Gasteiger partial charge >= 0.3 is 0 Å². The van der Waals surface area contributed by atoms with E-state index in [-0.39, 0.29) is 5.91 Å². The smallest absolute Gasteiger partial charge is 0.251 e. The summed E-state index contributed by atoms with van der Waals surface area (Å²) < 4.78 is 5.87. The van der Waals surface area contributed by atoms with Crippen molar-refractivity contribution < 1.29 is 9.53 Å². The maximum absolute atomic E-state index is 12.7. The van der Waals surface area contributed by atoms with Crippen LogP contribution in [0.25, 0.3) is 11.1 Å². The minimum Gasteiger partial charge on any atom is -0.493 e. The van der Waals surface area contributed by atoms with Gasteiger partial charge in [-0.25, -0.2) is 0 Å². The van der Waals surface area contributed by atoms with E-state index in [1.807, 2.05) is 18.2 Å². The Hall–Kier alpha value is -2.33. The van der Waals surface area contributed by atoms with E-state index in [0.717, 1.165) is 42.1 Å². The van der Waals surface area contributed by atoms with E-state index in [1.54, 1.807) is 0 Å². The third kappa shape index (κ3) is 3.72. The molecule has 2 aromatic carbocycles. The molecule has 0 aromatic heterocycles. The van der Waals surface area contributed by atoms with E-state index < -0.39 is 0 Å². The van der Waals surface area contributed by atoms with Crippen molar-refractivity contribution in [3.63, 3.8) is 0 Å². The predicted octanol–water partition coefficient (Wildman–Crippen LogP) is 3.78. The van der Waals surface area contributed by atoms with Crippen molar-refractivity contribution in [2.45, 2.75) is 19.8 Å². The zero-order chi connectivity index (χ0) is 19.0. The van der Waals surface area contributed by atoms with E-state index in [2.05, 4.69) is 55.4 Å². The van der Waals surface area contributed by atoms with Crippen LogP contribution in [0.1, 0.15) is 35.7 Å². The number of ether oxygens (including phenoxy) is 1. The SMILES string of the molecule is CC(C)COc1cccc(-c2ccc3c(c2)C(=O)NC[C@H]2CN(C)C[C@H]32)c1. The molecule has 142 valence electrons. The second-order valence-electron chi connectivity index (χ2n) is 8.33. The van der Waals surface area contributed by atoms with Gasteiger partial charge in [-0.1, -0.05) is 38.1 Å². The molecule has 4 rings (SSSR count). The maximum atomic E-state index is 12.7. The van der Waals surface area contributed by atoms with Crippen LogP contribution in [0.5, 0.6) is 5.75 Å². The Morgan fingerprint density at radius 2 is 1.96 bits per heavy atom. The topological polar surface area (TPSA) is 41.6 Å². The summed E-state index contributed by atoms with van der Waals surface area (Å²) in [7, 11) is 2.16. The van der Waals surface area contributed by atoms with Gasteiger partial charge in [0, 0.05) is 31.1 Å². The van der Waals surface area contributed by atoms with Crippen molar-refractivity contribution in [2.24, 2.45) is 11.8 Å². The summed E-state index contributed by atoms with van der Waals surface area (Å²) in [4.78, 5) is 15.1. The van der Waals surface area contributed by atoms with Crippen molar-refractivity contribution in [1.29, 1.82) is 0 Å². The fourth-order valence-corrected chi connectivity index (χ4v) is 4.25. The predicted molar refractivity (Wildman–Crippen MR) is 108 cm³/mol. The lowest BCUT2D eigenvalue weighted by molar-refractivity contribution is 0.0951. The lowest BCUT2D eigenvalue weighted by atomic mass is 9.86. The number of fused-ring (bicyclic) bond motifs is 3. The van der Waals surface area contributed by atoms with Crippen LogP contribution in [0.2, 0.25) is 0 Å². The van der Waals surface area contributed by atoms with Gasteiger partial charge in [-0.2, -0.15) is 0 Å². The van der Waals surface area contributed by atoms with Gasteiger partial charge in [-0.15, -0.1) is 0 Å². The summed E-state index contributed by atoms with van der Waals surface area (Å²) in [5, 5.41) is 3.13. The first-order chi connectivity index (χ1) is 13.0. The minimum absolute atomic E-state index is 0.0520. The van der Waals surface area contributed by atoms with Gasteiger partial charge in [0.15, 0.2) is 0 Å². The number of likely N-dealkylation sites (tertiary alicyclic amines) is 1. The Morgan fingerprint density at radius 3 is 2.78 bits per heavy atom. The molecular weight excluding hydrogens is 336 g/mol. The second-order valence-corrected chi connectivity index (χ2v) is 8.33. The van der Waals surface area contributed by atoms with Crippen molar-refractivity contribution in [2.75, 3.05) is 33.3 Å². The minimum atomic E-state index is 0.0520. The Bertz CT molecular complexity index is 846. The molecule has 0 radical (unpaired) electrons. The van der Waals surface area contributed by atoms with Gasteiger partial charge < -0.3 is 15.0 Å².